The van der Waals surface area contributed by atoms with Crippen LogP contribution in [0.5, 0.6) is 11.5 Å². The highest BCUT2D eigenvalue weighted by Crippen LogP contribution is 2.30. The van der Waals surface area contributed by atoms with Crippen LogP contribution in [0.1, 0.15) is 12.5 Å². The molecule has 0 radical (unpaired) electrons. The van der Waals surface area contributed by atoms with Crippen molar-refractivity contribution < 1.29 is 21.9 Å². The summed E-state index contributed by atoms with van der Waals surface area (Å²) in [6.45, 7) is 2.84. The van der Waals surface area contributed by atoms with Crippen molar-refractivity contribution in [3.05, 3.63) is 59.2 Å². The maximum absolute atomic E-state index is 14.3. The minimum atomic E-state index is -3.68. The predicted molar refractivity (Wildman–Crippen MR) is 109 cm³/mol. The van der Waals surface area contributed by atoms with Gasteiger partial charge in [-0.1, -0.05) is 11.6 Å². The van der Waals surface area contributed by atoms with E-state index >= 15 is 0 Å². The summed E-state index contributed by atoms with van der Waals surface area (Å²) in [6, 6.07) is 7.59. The van der Waals surface area contributed by atoms with E-state index < -0.39 is 27.4 Å². The molecule has 2 aromatic carbocycles. The van der Waals surface area contributed by atoms with Crippen LogP contribution in [0.3, 0.4) is 0 Å². The van der Waals surface area contributed by atoms with Gasteiger partial charge >= 0.3 is 0 Å². The van der Waals surface area contributed by atoms with Gasteiger partial charge in [0.25, 0.3) is 0 Å². The van der Waals surface area contributed by atoms with Gasteiger partial charge in [0.05, 0.1) is 4.90 Å². The van der Waals surface area contributed by atoms with Crippen molar-refractivity contribution >= 4 is 16.1 Å². The molecule has 0 aliphatic carbocycles. The second-order valence-electron chi connectivity index (χ2n) is 6.78. The molecule has 158 valence electrons. The van der Waals surface area contributed by atoms with Crippen LogP contribution in [0, 0.1) is 11.6 Å². The van der Waals surface area contributed by atoms with E-state index in [9.17, 15) is 17.2 Å². The summed E-state index contributed by atoms with van der Waals surface area (Å²) >= 11 is 0. The minimum absolute atomic E-state index is 0.0299. The lowest BCUT2D eigenvalue weighted by Gasteiger charge is -2.12. The Bertz CT molecular complexity index is 952. The van der Waals surface area contributed by atoms with E-state index in [1.54, 1.807) is 13.0 Å². The average Bonchev–Trinajstić information content (AvgIpc) is 2.64. The van der Waals surface area contributed by atoms with Gasteiger partial charge in [-0.15, -0.1) is 0 Å². The molecular weight excluding hydrogens is 400 g/mol. The molecule has 2 rings (SSSR count). The van der Waals surface area contributed by atoms with E-state index in [-0.39, 0.29) is 23.7 Å². The first-order chi connectivity index (χ1) is 13.6. The molecule has 0 spiro atoms. The zero-order valence-corrected chi connectivity index (χ0v) is 17.4. The van der Waals surface area contributed by atoms with Crippen LogP contribution < -0.4 is 15.2 Å². The highest BCUT2D eigenvalue weighted by molar-refractivity contribution is 7.89. The molecule has 0 unspecified atom stereocenters. The summed E-state index contributed by atoms with van der Waals surface area (Å²) in [4.78, 5) is 1.88. The molecular formula is C20H25F2N3O3S. The molecule has 0 heterocycles. The summed E-state index contributed by atoms with van der Waals surface area (Å²) in [6.07, 6.45) is 1.58. The monoisotopic (exact) mass is 425 g/mol. The number of nitrogens with two attached hydrogens (primary N) is 1. The quantitative estimate of drug-likeness (QED) is 0.645. The van der Waals surface area contributed by atoms with Crippen molar-refractivity contribution in [3.63, 3.8) is 0 Å². The van der Waals surface area contributed by atoms with Crippen LogP contribution in [-0.4, -0.2) is 47.0 Å². The lowest BCUT2D eigenvalue weighted by atomic mass is 10.1. The first-order valence-electron chi connectivity index (χ1n) is 8.91. The summed E-state index contributed by atoms with van der Waals surface area (Å²) < 4.78 is 60.8. The summed E-state index contributed by atoms with van der Waals surface area (Å²) in [5, 5.41) is 0. The molecule has 2 aromatic rings. The number of hydrogen-bond donors (Lipinski definition) is 2. The zero-order chi connectivity index (χ0) is 21.6. The molecule has 6 nitrogen and oxygen atoms in total. The standard InChI is InChI=1S/C20H25F2N3O3S/c1-14(13-23)10-15-11-18(21)20(19(22)12-15)28-16-4-6-17(7-5-16)29(26,27)24-8-9-25(2)3/h4-7,10-12,24H,8-9,13,23H2,1-3H3/b14-10+. The fourth-order valence-corrected chi connectivity index (χ4v) is 3.42. The van der Waals surface area contributed by atoms with Crippen molar-refractivity contribution in [3.8, 4) is 11.5 Å². The predicted octanol–water partition coefficient (Wildman–Crippen LogP) is 2.96. The molecule has 0 aliphatic rings. The van der Waals surface area contributed by atoms with Crippen molar-refractivity contribution in [2.45, 2.75) is 11.8 Å². The van der Waals surface area contributed by atoms with E-state index in [1.807, 2.05) is 19.0 Å². The van der Waals surface area contributed by atoms with Gasteiger partial charge in [0.2, 0.25) is 10.0 Å². The lowest BCUT2D eigenvalue weighted by molar-refractivity contribution is 0.407. The average molecular weight is 426 g/mol. The fraction of sp³-hybridized carbons (Fsp3) is 0.300. The first-order valence-corrected chi connectivity index (χ1v) is 10.4. The van der Waals surface area contributed by atoms with E-state index in [0.29, 0.717) is 12.1 Å². The molecule has 29 heavy (non-hydrogen) atoms. The van der Waals surface area contributed by atoms with Gasteiger partial charge in [-0.25, -0.2) is 21.9 Å². The Kier molecular flexibility index (Phi) is 7.86. The normalized spacial score (nSPS) is 12.4. The maximum atomic E-state index is 14.3. The number of halogens is 2. The van der Waals surface area contributed by atoms with Crippen LogP contribution in [0.2, 0.25) is 0 Å². The fourth-order valence-electron chi connectivity index (χ4n) is 2.40. The number of hydrogen-bond acceptors (Lipinski definition) is 5. The summed E-state index contributed by atoms with van der Waals surface area (Å²) in [7, 11) is -0.0102. The molecule has 3 N–H and O–H groups in total. The largest absolute Gasteiger partial charge is 0.451 e. The number of benzene rings is 2. The number of nitrogens with one attached hydrogen (secondary N) is 1. The van der Waals surface area contributed by atoms with E-state index in [0.717, 1.165) is 17.7 Å². The highest BCUT2D eigenvalue weighted by Gasteiger charge is 2.16. The van der Waals surface area contributed by atoms with Gasteiger partial charge in [0, 0.05) is 19.6 Å². The van der Waals surface area contributed by atoms with Crippen molar-refractivity contribution in [1.82, 2.24) is 9.62 Å². The smallest absolute Gasteiger partial charge is 0.240 e. The molecule has 0 atom stereocenters. The molecule has 0 aliphatic heterocycles. The Morgan fingerprint density at radius 2 is 1.76 bits per heavy atom. The van der Waals surface area contributed by atoms with Gasteiger partial charge in [0.15, 0.2) is 17.4 Å². The topological polar surface area (TPSA) is 84.7 Å². The maximum Gasteiger partial charge on any atom is 0.240 e. The van der Waals surface area contributed by atoms with Crippen molar-refractivity contribution in [1.29, 1.82) is 0 Å². The van der Waals surface area contributed by atoms with Gasteiger partial charge in [-0.3, -0.25) is 0 Å². The van der Waals surface area contributed by atoms with Crippen LogP contribution in [0.15, 0.2) is 46.9 Å². The molecule has 9 heteroatoms. The van der Waals surface area contributed by atoms with Crippen LogP contribution in [0.4, 0.5) is 8.78 Å². The Balaban J connectivity index is 2.15. The van der Waals surface area contributed by atoms with E-state index in [1.165, 1.54) is 24.3 Å². The molecule has 0 bridgehead atoms. The Hall–Kier alpha value is -2.33. The molecule has 0 aromatic heterocycles. The van der Waals surface area contributed by atoms with Gasteiger partial charge < -0.3 is 15.4 Å². The van der Waals surface area contributed by atoms with Crippen molar-refractivity contribution in [2.24, 2.45) is 5.73 Å². The molecule has 0 fully saturated rings. The van der Waals surface area contributed by atoms with Crippen molar-refractivity contribution in [2.75, 3.05) is 33.7 Å². The molecule has 0 saturated carbocycles. The third-order valence-electron chi connectivity index (χ3n) is 3.96. The van der Waals surface area contributed by atoms with E-state index in [4.69, 9.17) is 10.5 Å². The number of rotatable bonds is 9. The van der Waals surface area contributed by atoms with Gasteiger partial charge in [0.1, 0.15) is 5.75 Å². The lowest BCUT2D eigenvalue weighted by Crippen LogP contribution is -2.31. The van der Waals surface area contributed by atoms with Crippen LogP contribution in [0.25, 0.3) is 6.08 Å². The first kappa shape index (κ1) is 23.0. The minimum Gasteiger partial charge on any atom is -0.451 e. The Labute approximate surface area is 170 Å². The highest BCUT2D eigenvalue weighted by atomic mass is 32.2. The summed E-state index contributed by atoms with van der Waals surface area (Å²) in [5.74, 6) is -2.20. The Morgan fingerprint density at radius 1 is 1.17 bits per heavy atom. The number of likely N-dealkylation sites (N-methyl/N-ethyl adjacent to an activating group) is 1. The Morgan fingerprint density at radius 3 is 2.28 bits per heavy atom. The van der Waals surface area contributed by atoms with E-state index in [2.05, 4.69) is 4.72 Å². The number of sulfonamides is 1. The third-order valence-corrected chi connectivity index (χ3v) is 5.44. The third kappa shape index (κ3) is 6.60. The second kappa shape index (κ2) is 9.93. The van der Waals surface area contributed by atoms with Gasteiger partial charge in [-0.2, -0.15) is 0 Å². The number of ether oxygens (including phenoxy) is 1. The van der Waals surface area contributed by atoms with Gasteiger partial charge in [-0.05, 0) is 63.0 Å². The second-order valence-corrected chi connectivity index (χ2v) is 8.55. The molecule has 0 amide bonds. The molecule has 0 saturated heterocycles. The zero-order valence-electron chi connectivity index (χ0n) is 16.6. The van der Waals surface area contributed by atoms with Crippen LogP contribution >= 0.6 is 0 Å². The number of nitrogens with zero attached hydrogens (tertiary/aromatic N) is 1. The SMILES string of the molecule is C/C(=C\c1cc(F)c(Oc2ccc(S(=O)(=O)NCCN(C)C)cc2)c(F)c1)CN. The van der Waals surface area contributed by atoms with Crippen LogP contribution in [-0.2, 0) is 10.0 Å². The summed E-state index contributed by atoms with van der Waals surface area (Å²) in [5.41, 5.74) is 6.59.